The summed E-state index contributed by atoms with van der Waals surface area (Å²) in [6, 6.07) is 3.68. The molecule has 5 heteroatoms. The van der Waals surface area contributed by atoms with Gasteiger partial charge >= 0.3 is 0 Å². The summed E-state index contributed by atoms with van der Waals surface area (Å²) in [4.78, 5) is 18.3. The maximum atomic E-state index is 11.8. The second kappa shape index (κ2) is 7.45. The monoisotopic (exact) mass is 273 g/mol. The highest BCUT2D eigenvalue weighted by Gasteiger charge is 2.16. The molecule has 0 aromatic carbocycles. The Bertz CT molecular complexity index is 506. The SMILES string of the molecule is C/C=C/C=C/C(=O)Nc1cccnc1N1CCOCC1. The first kappa shape index (κ1) is 14.3. The van der Waals surface area contributed by atoms with E-state index in [1.165, 1.54) is 6.08 Å². The van der Waals surface area contributed by atoms with Crippen LogP contribution in [0.3, 0.4) is 0 Å². The van der Waals surface area contributed by atoms with Crippen molar-refractivity contribution in [2.75, 3.05) is 36.5 Å². The van der Waals surface area contributed by atoms with Gasteiger partial charge in [0.2, 0.25) is 5.91 Å². The Morgan fingerprint density at radius 1 is 1.40 bits per heavy atom. The van der Waals surface area contributed by atoms with Crippen molar-refractivity contribution in [3.05, 3.63) is 42.6 Å². The van der Waals surface area contributed by atoms with Gasteiger partial charge in [-0.1, -0.05) is 18.2 Å². The number of carbonyl (C=O) groups excluding carboxylic acids is 1. The van der Waals surface area contributed by atoms with Gasteiger partial charge in [0.15, 0.2) is 5.82 Å². The fraction of sp³-hybridized carbons (Fsp3) is 0.333. The minimum atomic E-state index is -0.161. The molecule has 0 aliphatic carbocycles. The standard InChI is InChI=1S/C15H19N3O2/c1-2-3-4-7-14(19)17-13-6-5-8-16-15(13)18-9-11-20-12-10-18/h2-8H,9-12H2,1H3,(H,17,19)/b3-2+,7-4+. The lowest BCUT2D eigenvalue weighted by atomic mass is 10.3. The zero-order valence-electron chi connectivity index (χ0n) is 11.6. The number of amides is 1. The van der Waals surface area contributed by atoms with Crippen LogP contribution in [-0.4, -0.2) is 37.2 Å². The van der Waals surface area contributed by atoms with E-state index in [9.17, 15) is 4.79 Å². The number of morpholine rings is 1. The topological polar surface area (TPSA) is 54.5 Å². The van der Waals surface area contributed by atoms with E-state index >= 15 is 0 Å². The Balaban J connectivity index is 2.09. The third-order valence-corrected chi connectivity index (χ3v) is 2.91. The molecule has 0 atom stereocenters. The summed E-state index contributed by atoms with van der Waals surface area (Å²) in [6.45, 7) is 4.85. The van der Waals surface area contributed by atoms with Gasteiger partial charge in [0.05, 0.1) is 18.9 Å². The van der Waals surface area contributed by atoms with Crippen LogP contribution in [0.1, 0.15) is 6.92 Å². The number of nitrogens with one attached hydrogen (secondary N) is 1. The molecule has 1 aliphatic rings. The van der Waals surface area contributed by atoms with Gasteiger partial charge in [0, 0.05) is 25.4 Å². The summed E-state index contributed by atoms with van der Waals surface area (Å²) in [5, 5.41) is 2.86. The van der Waals surface area contributed by atoms with Crippen LogP contribution in [0.4, 0.5) is 11.5 Å². The highest BCUT2D eigenvalue weighted by Crippen LogP contribution is 2.23. The lowest BCUT2D eigenvalue weighted by Crippen LogP contribution is -2.37. The largest absolute Gasteiger partial charge is 0.378 e. The molecule has 0 unspecified atom stereocenters. The van der Waals surface area contributed by atoms with Crippen molar-refractivity contribution in [2.45, 2.75) is 6.92 Å². The van der Waals surface area contributed by atoms with Gasteiger partial charge < -0.3 is 15.0 Å². The van der Waals surface area contributed by atoms with Crippen molar-refractivity contribution < 1.29 is 9.53 Å². The Morgan fingerprint density at radius 2 is 2.20 bits per heavy atom. The number of hydrogen-bond acceptors (Lipinski definition) is 4. The number of pyridine rings is 1. The Hall–Kier alpha value is -2.14. The Morgan fingerprint density at radius 3 is 2.95 bits per heavy atom. The molecule has 2 heterocycles. The molecule has 1 aromatic rings. The number of allylic oxidation sites excluding steroid dienone is 3. The lowest BCUT2D eigenvalue weighted by molar-refractivity contribution is -0.111. The number of aromatic nitrogens is 1. The number of anilines is 2. The second-order valence-electron chi connectivity index (χ2n) is 4.35. The zero-order chi connectivity index (χ0) is 14.2. The summed E-state index contributed by atoms with van der Waals surface area (Å²) in [5.41, 5.74) is 0.726. The minimum Gasteiger partial charge on any atom is -0.378 e. The predicted molar refractivity (Wildman–Crippen MR) is 79.9 cm³/mol. The van der Waals surface area contributed by atoms with Gasteiger partial charge in [-0.3, -0.25) is 4.79 Å². The summed E-state index contributed by atoms with van der Waals surface area (Å²) in [6.07, 6.45) is 8.62. The molecule has 5 nitrogen and oxygen atoms in total. The number of carbonyl (C=O) groups is 1. The van der Waals surface area contributed by atoms with Gasteiger partial charge in [-0.05, 0) is 19.1 Å². The van der Waals surface area contributed by atoms with Crippen LogP contribution in [0.2, 0.25) is 0 Å². The molecule has 1 saturated heterocycles. The summed E-state index contributed by atoms with van der Waals surface area (Å²) >= 11 is 0. The molecule has 0 spiro atoms. The number of ether oxygens (including phenoxy) is 1. The highest BCUT2D eigenvalue weighted by molar-refractivity contribution is 6.01. The van der Waals surface area contributed by atoms with Crippen molar-refractivity contribution in [1.29, 1.82) is 0 Å². The van der Waals surface area contributed by atoms with Crippen LogP contribution in [-0.2, 0) is 9.53 Å². The minimum absolute atomic E-state index is 0.161. The third-order valence-electron chi connectivity index (χ3n) is 2.91. The summed E-state index contributed by atoms with van der Waals surface area (Å²) in [7, 11) is 0. The first-order valence-electron chi connectivity index (χ1n) is 6.69. The molecule has 20 heavy (non-hydrogen) atoms. The first-order valence-corrected chi connectivity index (χ1v) is 6.69. The lowest BCUT2D eigenvalue weighted by Gasteiger charge is -2.29. The molecule has 1 aliphatic heterocycles. The van der Waals surface area contributed by atoms with Crippen LogP contribution in [0.25, 0.3) is 0 Å². The van der Waals surface area contributed by atoms with E-state index in [1.807, 2.05) is 31.2 Å². The zero-order valence-corrected chi connectivity index (χ0v) is 11.6. The normalized spacial score (nSPS) is 15.9. The Kier molecular flexibility index (Phi) is 5.32. The third kappa shape index (κ3) is 3.93. The van der Waals surface area contributed by atoms with Gasteiger partial charge in [0.25, 0.3) is 0 Å². The fourth-order valence-electron chi connectivity index (χ4n) is 1.95. The van der Waals surface area contributed by atoms with Crippen LogP contribution in [0.15, 0.2) is 42.6 Å². The molecular weight excluding hydrogens is 254 g/mol. The van der Waals surface area contributed by atoms with Crippen molar-refractivity contribution in [3.63, 3.8) is 0 Å². The molecule has 106 valence electrons. The molecule has 0 saturated carbocycles. The molecule has 0 bridgehead atoms. The molecule has 1 N–H and O–H groups in total. The van der Waals surface area contributed by atoms with Crippen molar-refractivity contribution in [1.82, 2.24) is 4.98 Å². The van der Waals surface area contributed by atoms with E-state index in [-0.39, 0.29) is 5.91 Å². The average Bonchev–Trinajstić information content (AvgIpc) is 2.49. The maximum absolute atomic E-state index is 11.8. The summed E-state index contributed by atoms with van der Waals surface area (Å²) < 4.78 is 5.33. The van der Waals surface area contributed by atoms with E-state index < -0.39 is 0 Å². The van der Waals surface area contributed by atoms with E-state index in [4.69, 9.17) is 4.74 Å². The quantitative estimate of drug-likeness (QED) is 0.673. The maximum Gasteiger partial charge on any atom is 0.248 e. The van der Waals surface area contributed by atoms with Gasteiger partial charge in [-0.2, -0.15) is 0 Å². The van der Waals surface area contributed by atoms with Crippen LogP contribution in [0.5, 0.6) is 0 Å². The van der Waals surface area contributed by atoms with Crippen molar-refractivity contribution in [2.24, 2.45) is 0 Å². The molecule has 0 radical (unpaired) electrons. The molecule has 1 fully saturated rings. The van der Waals surface area contributed by atoms with E-state index in [0.717, 1.165) is 24.6 Å². The van der Waals surface area contributed by atoms with Gasteiger partial charge in [-0.15, -0.1) is 0 Å². The molecule has 1 aromatic heterocycles. The number of nitrogens with zero attached hydrogens (tertiary/aromatic N) is 2. The highest BCUT2D eigenvalue weighted by atomic mass is 16.5. The van der Waals surface area contributed by atoms with Crippen molar-refractivity contribution >= 4 is 17.4 Å². The van der Waals surface area contributed by atoms with Crippen LogP contribution < -0.4 is 10.2 Å². The van der Waals surface area contributed by atoms with Crippen LogP contribution >= 0.6 is 0 Å². The smallest absolute Gasteiger partial charge is 0.248 e. The van der Waals surface area contributed by atoms with Crippen molar-refractivity contribution in [3.8, 4) is 0 Å². The van der Waals surface area contributed by atoms with Gasteiger partial charge in [0.1, 0.15) is 0 Å². The first-order chi connectivity index (χ1) is 9.81. The number of rotatable bonds is 4. The second-order valence-corrected chi connectivity index (χ2v) is 4.35. The summed E-state index contributed by atoms with van der Waals surface area (Å²) in [5.74, 6) is 0.634. The fourth-order valence-corrected chi connectivity index (χ4v) is 1.95. The van der Waals surface area contributed by atoms with E-state index in [0.29, 0.717) is 13.2 Å². The number of hydrogen-bond donors (Lipinski definition) is 1. The predicted octanol–water partition coefficient (Wildman–Crippen LogP) is 1.99. The van der Waals surface area contributed by atoms with E-state index in [2.05, 4.69) is 15.2 Å². The molecular formula is C15H19N3O2. The van der Waals surface area contributed by atoms with E-state index in [1.54, 1.807) is 12.3 Å². The average molecular weight is 273 g/mol. The Labute approximate surface area is 119 Å². The molecule has 1 amide bonds. The van der Waals surface area contributed by atoms with Crippen LogP contribution in [0, 0.1) is 0 Å². The molecule has 2 rings (SSSR count). The van der Waals surface area contributed by atoms with Gasteiger partial charge in [-0.25, -0.2) is 4.98 Å².